The first-order valence-electron chi connectivity index (χ1n) is 6.57. The number of halogens is 2. The standard InChI is InChI=1S/C16H18BrClS/c1-4-11-6-7-12(5-2)13(8-11)14(17)16-15(18)10(3)9-19-16/h6-9,14H,4-5H2,1-3H3. The molecule has 0 aliphatic carbocycles. The predicted molar refractivity (Wildman–Crippen MR) is 90.0 cm³/mol. The Morgan fingerprint density at radius 2 is 2.00 bits per heavy atom. The molecule has 0 amide bonds. The van der Waals surface area contributed by atoms with Crippen molar-refractivity contribution in [2.45, 2.75) is 38.4 Å². The van der Waals surface area contributed by atoms with E-state index in [2.05, 4.69) is 60.3 Å². The van der Waals surface area contributed by atoms with Gasteiger partial charge in [0.05, 0.1) is 9.85 Å². The molecule has 2 rings (SSSR count). The number of hydrogen-bond donors (Lipinski definition) is 0. The summed E-state index contributed by atoms with van der Waals surface area (Å²) in [5, 5.41) is 3.03. The van der Waals surface area contributed by atoms with Crippen LogP contribution < -0.4 is 0 Å². The molecule has 0 N–H and O–H groups in total. The van der Waals surface area contributed by atoms with E-state index in [1.165, 1.54) is 21.6 Å². The molecule has 19 heavy (non-hydrogen) atoms. The van der Waals surface area contributed by atoms with Gasteiger partial charge in [-0.15, -0.1) is 11.3 Å². The second-order valence-electron chi connectivity index (χ2n) is 4.70. The van der Waals surface area contributed by atoms with Gasteiger partial charge >= 0.3 is 0 Å². The lowest BCUT2D eigenvalue weighted by molar-refractivity contribution is 1.04. The lowest BCUT2D eigenvalue weighted by atomic mass is 9.98. The van der Waals surface area contributed by atoms with Crippen molar-refractivity contribution < 1.29 is 0 Å². The fourth-order valence-corrected chi connectivity index (χ4v) is 4.59. The highest BCUT2D eigenvalue weighted by atomic mass is 79.9. The van der Waals surface area contributed by atoms with Gasteiger partial charge in [-0.25, -0.2) is 0 Å². The molecule has 1 unspecified atom stereocenters. The maximum Gasteiger partial charge on any atom is 0.0755 e. The Balaban J connectivity index is 2.47. The molecule has 0 saturated heterocycles. The van der Waals surface area contributed by atoms with E-state index < -0.39 is 0 Å². The average Bonchev–Trinajstić information content (AvgIpc) is 2.77. The third-order valence-electron chi connectivity index (χ3n) is 3.43. The van der Waals surface area contributed by atoms with Crippen LogP contribution in [-0.4, -0.2) is 0 Å². The highest BCUT2D eigenvalue weighted by molar-refractivity contribution is 9.09. The largest absolute Gasteiger partial charge is 0.145 e. The van der Waals surface area contributed by atoms with Gasteiger partial charge in [0, 0.05) is 4.88 Å². The van der Waals surface area contributed by atoms with E-state index in [9.17, 15) is 0 Å². The molecule has 0 radical (unpaired) electrons. The summed E-state index contributed by atoms with van der Waals surface area (Å²) in [5.74, 6) is 0. The Kier molecular flexibility index (Phi) is 5.10. The van der Waals surface area contributed by atoms with Crippen molar-refractivity contribution >= 4 is 38.9 Å². The highest BCUT2D eigenvalue weighted by Gasteiger charge is 2.19. The molecule has 1 aromatic heterocycles. The van der Waals surface area contributed by atoms with Crippen LogP contribution in [0.2, 0.25) is 5.02 Å². The van der Waals surface area contributed by atoms with Gasteiger partial charge in [0.1, 0.15) is 0 Å². The average molecular weight is 358 g/mol. The van der Waals surface area contributed by atoms with E-state index in [1.807, 2.05) is 0 Å². The summed E-state index contributed by atoms with van der Waals surface area (Å²) in [6.45, 7) is 6.45. The predicted octanol–water partition coefficient (Wildman–Crippen LogP) is 6.32. The fourth-order valence-electron chi connectivity index (χ4n) is 2.18. The van der Waals surface area contributed by atoms with Crippen LogP contribution in [0.15, 0.2) is 23.6 Å². The van der Waals surface area contributed by atoms with Crippen LogP contribution in [0.3, 0.4) is 0 Å². The summed E-state index contributed by atoms with van der Waals surface area (Å²) >= 11 is 12.0. The van der Waals surface area contributed by atoms with Crippen LogP contribution in [0.5, 0.6) is 0 Å². The van der Waals surface area contributed by atoms with Gasteiger partial charge in [0.25, 0.3) is 0 Å². The molecule has 0 bridgehead atoms. The lowest BCUT2D eigenvalue weighted by Crippen LogP contribution is -1.98. The number of aryl methyl sites for hydroxylation is 3. The van der Waals surface area contributed by atoms with E-state index in [0.29, 0.717) is 0 Å². The van der Waals surface area contributed by atoms with Crippen molar-refractivity contribution in [3.05, 3.63) is 55.7 Å². The topological polar surface area (TPSA) is 0 Å². The molecule has 1 heterocycles. The van der Waals surface area contributed by atoms with Gasteiger partial charge in [0.15, 0.2) is 0 Å². The second kappa shape index (κ2) is 6.43. The van der Waals surface area contributed by atoms with Crippen molar-refractivity contribution in [3.8, 4) is 0 Å². The van der Waals surface area contributed by atoms with Crippen molar-refractivity contribution in [1.82, 2.24) is 0 Å². The molecule has 0 fully saturated rings. The van der Waals surface area contributed by atoms with Crippen LogP contribution in [-0.2, 0) is 12.8 Å². The number of rotatable bonds is 4. The smallest absolute Gasteiger partial charge is 0.0755 e. The maximum absolute atomic E-state index is 6.40. The van der Waals surface area contributed by atoms with Crippen molar-refractivity contribution in [2.24, 2.45) is 0 Å². The van der Waals surface area contributed by atoms with Crippen LogP contribution >= 0.6 is 38.9 Å². The zero-order chi connectivity index (χ0) is 14.0. The Morgan fingerprint density at radius 1 is 1.26 bits per heavy atom. The van der Waals surface area contributed by atoms with Crippen molar-refractivity contribution in [1.29, 1.82) is 0 Å². The van der Waals surface area contributed by atoms with Gasteiger partial charge in [-0.1, -0.05) is 59.6 Å². The molecule has 1 aromatic carbocycles. The monoisotopic (exact) mass is 356 g/mol. The quantitative estimate of drug-likeness (QED) is 0.562. The summed E-state index contributed by atoms with van der Waals surface area (Å²) in [6, 6.07) is 6.78. The molecule has 0 spiro atoms. The Bertz CT molecular complexity index is 574. The summed E-state index contributed by atoms with van der Waals surface area (Å²) in [5.41, 5.74) is 5.28. The molecule has 0 saturated carbocycles. The molecular weight excluding hydrogens is 340 g/mol. The van der Waals surface area contributed by atoms with Crippen LogP contribution in [0.1, 0.15) is 45.8 Å². The van der Waals surface area contributed by atoms with E-state index >= 15 is 0 Å². The number of alkyl halides is 1. The molecule has 2 aromatic rings. The second-order valence-corrected chi connectivity index (χ2v) is 6.90. The lowest BCUT2D eigenvalue weighted by Gasteiger charge is -2.15. The zero-order valence-electron chi connectivity index (χ0n) is 11.5. The van der Waals surface area contributed by atoms with E-state index in [1.54, 1.807) is 11.3 Å². The van der Waals surface area contributed by atoms with Gasteiger partial charge in [0.2, 0.25) is 0 Å². The SMILES string of the molecule is CCc1ccc(CC)c(C(Br)c2scc(C)c2Cl)c1. The molecule has 0 aliphatic heterocycles. The minimum Gasteiger partial charge on any atom is -0.145 e. The van der Waals surface area contributed by atoms with Gasteiger partial charge in [-0.2, -0.15) is 0 Å². The first-order valence-corrected chi connectivity index (χ1v) is 8.75. The van der Waals surface area contributed by atoms with E-state index in [4.69, 9.17) is 11.6 Å². The normalized spacial score (nSPS) is 12.7. The van der Waals surface area contributed by atoms with Gasteiger partial charge in [-0.05, 0) is 47.4 Å². The van der Waals surface area contributed by atoms with Crippen LogP contribution in [0.4, 0.5) is 0 Å². The fraction of sp³-hybridized carbons (Fsp3) is 0.375. The minimum absolute atomic E-state index is 0.195. The Morgan fingerprint density at radius 3 is 2.53 bits per heavy atom. The molecule has 102 valence electrons. The first-order chi connectivity index (χ1) is 9.08. The Hall–Kier alpha value is -0.310. The van der Waals surface area contributed by atoms with Gasteiger partial charge in [-0.3, -0.25) is 0 Å². The number of benzene rings is 1. The molecule has 0 nitrogen and oxygen atoms in total. The molecule has 0 aliphatic rings. The Labute approximate surface area is 132 Å². The summed E-state index contributed by atoms with van der Waals surface area (Å²) in [6.07, 6.45) is 2.11. The van der Waals surface area contributed by atoms with Crippen LogP contribution in [0, 0.1) is 6.92 Å². The highest BCUT2D eigenvalue weighted by Crippen LogP contribution is 2.42. The maximum atomic E-state index is 6.40. The van der Waals surface area contributed by atoms with Crippen molar-refractivity contribution in [2.75, 3.05) is 0 Å². The third-order valence-corrected chi connectivity index (χ3v) is 6.46. The number of hydrogen-bond acceptors (Lipinski definition) is 1. The van der Waals surface area contributed by atoms with Gasteiger partial charge < -0.3 is 0 Å². The third kappa shape index (κ3) is 3.07. The van der Waals surface area contributed by atoms with Crippen molar-refractivity contribution in [3.63, 3.8) is 0 Å². The minimum atomic E-state index is 0.195. The zero-order valence-corrected chi connectivity index (χ0v) is 14.6. The molecule has 3 heteroatoms. The summed E-state index contributed by atoms with van der Waals surface area (Å²) in [7, 11) is 0. The summed E-state index contributed by atoms with van der Waals surface area (Å²) in [4.78, 5) is 1.40. The molecule has 1 atom stereocenters. The first kappa shape index (κ1) is 15.1. The van der Waals surface area contributed by atoms with E-state index in [-0.39, 0.29) is 4.83 Å². The van der Waals surface area contributed by atoms with E-state index in [0.717, 1.165) is 23.4 Å². The molecular formula is C16H18BrClS. The summed E-state index contributed by atoms with van der Waals surface area (Å²) < 4.78 is 0. The number of thiophene rings is 1. The van der Waals surface area contributed by atoms with Crippen LogP contribution in [0.25, 0.3) is 0 Å².